The molecule has 0 spiro atoms. The monoisotopic (exact) mass is 587 g/mol. The van der Waals surface area contributed by atoms with Crippen LogP contribution in [-0.4, -0.2) is 35.2 Å². The number of nitrogens with zero attached hydrogens (tertiary/aromatic N) is 3. The number of hydrogen-bond donors (Lipinski definition) is 3. The molecule has 3 aromatic carbocycles. The first-order valence-corrected chi connectivity index (χ1v) is 14.3. The fraction of sp³-hybridized carbons (Fsp3) is 0.200. The van der Waals surface area contributed by atoms with Crippen molar-refractivity contribution in [2.24, 2.45) is 5.10 Å². The molecule has 1 heterocycles. The first-order chi connectivity index (χ1) is 19.8. The Kier molecular flexibility index (Phi) is 8.35. The number of amides is 2. The fourth-order valence-corrected chi connectivity index (χ4v) is 5.82. The number of nitrogens with one attached hydrogen (secondary N) is 2. The van der Waals surface area contributed by atoms with Crippen molar-refractivity contribution in [3.63, 3.8) is 0 Å². The number of imide groups is 1. The Balaban J connectivity index is 1.66. The number of carbonyl (C=O) groups excluding carboxylic acids is 1. The molecule has 0 saturated heterocycles. The molecule has 0 bridgehead atoms. The van der Waals surface area contributed by atoms with Gasteiger partial charge in [0.15, 0.2) is 0 Å². The van der Waals surface area contributed by atoms with Gasteiger partial charge in [-0.15, -0.1) is 0 Å². The molecule has 0 aliphatic carbocycles. The minimum atomic E-state index is -3.83. The Morgan fingerprint density at radius 1 is 1.02 bits per heavy atom. The number of rotatable bonds is 8. The number of carbonyl (C=O) groups is 2. The van der Waals surface area contributed by atoms with Gasteiger partial charge < -0.3 is 9.84 Å². The number of aryl methyl sites for hydroxylation is 3. The summed E-state index contributed by atoms with van der Waals surface area (Å²) < 4.78 is 34.7. The highest BCUT2D eigenvalue weighted by molar-refractivity contribution is 7.90. The average Bonchev–Trinajstić information content (AvgIpc) is 3.31. The predicted octanol–water partition coefficient (Wildman–Crippen LogP) is 5.80. The molecule has 0 fully saturated rings. The van der Waals surface area contributed by atoms with E-state index >= 15 is 0 Å². The smallest absolute Gasteiger partial charge is 0.411 e. The Bertz CT molecular complexity index is 1860. The second-order valence-electron chi connectivity index (χ2n) is 10.0. The van der Waals surface area contributed by atoms with Crippen LogP contribution in [0.25, 0.3) is 10.9 Å². The van der Waals surface area contributed by atoms with Gasteiger partial charge in [0, 0.05) is 11.6 Å². The fourth-order valence-electron chi connectivity index (χ4n) is 4.45. The van der Waals surface area contributed by atoms with Crippen LogP contribution >= 0.6 is 0 Å². The number of benzene rings is 3. The number of nitriles is 1. The predicted molar refractivity (Wildman–Crippen MR) is 159 cm³/mol. The zero-order valence-corrected chi connectivity index (χ0v) is 24.4. The maximum Gasteiger partial charge on any atom is 0.411 e. The summed E-state index contributed by atoms with van der Waals surface area (Å²) in [5.74, 6) is -0.0345. The number of ether oxygens (including phenoxy) is 1. The van der Waals surface area contributed by atoms with Crippen LogP contribution in [0.5, 0.6) is 11.5 Å². The summed E-state index contributed by atoms with van der Waals surface area (Å²) in [6.45, 7) is 9.51. The number of anilines is 1. The van der Waals surface area contributed by atoms with Crippen molar-refractivity contribution in [2.75, 3.05) is 5.43 Å². The quantitative estimate of drug-likeness (QED) is 0.172. The Labute approximate surface area is 243 Å². The number of hydrogen-bond acceptors (Lipinski definition) is 8. The molecular weight excluding hydrogens is 558 g/mol. The summed E-state index contributed by atoms with van der Waals surface area (Å²) >= 11 is 0. The Morgan fingerprint density at radius 2 is 1.67 bits per heavy atom. The van der Waals surface area contributed by atoms with Crippen LogP contribution in [0, 0.1) is 32.1 Å². The Hall–Kier alpha value is -5.15. The van der Waals surface area contributed by atoms with E-state index < -0.39 is 27.7 Å². The van der Waals surface area contributed by atoms with Crippen molar-refractivity contribution in [3.05, 3.63) is 83.0 Å². The molecule has 42 heavy (non-hydrogen) atoms. The van der Waals surface area contributed by atoms with Crippen LogP contribution in [0.2, 0.25) is 0 Å². The van der Waals surface area contributed by atoms with Crippen molar-refractivity contribution < 1.29 is 27.9 Å². The van der Waals surface area contributed by atoms with Crippen molar-refractivity contribution in [1.82, 2.24) is 9.29 Å². The van der Waals surface area contributed by atoms with Crippen molar-refractivity contribution in [2.45, 2.75) is 45.4 Å². The molecule has 1 aromatic heterocycles. The van der Waals surface area contributed by atoms with E-state index in [1.165, 1.54) is 3.97 Å². The molecule has 4 rings (SSSR count). The Morgan fingerprint density at radius 3 is 2.24 bits per heavy atom. The van der Waals surface area contributed by atoms with E-state index in [0.717, 1.165) is 16.5 Å². The lowest BCUT2D eigenvalue weighted by Crippen LogP contribution is -2.34. The topological polar surface area (TPSA) is 163 Å². The summed E-state index contributed by atoms with van der Waals surface area (Å²) in [5.41, 5.74) is 6.18. The molecular formula is C30H29N5O6S. The molecule has 2 amide bonds. The minimum absolute atomic E-state index is 0.0440. The number of aromatic nitrogens is 1. The standard InChI is InChI=1S/C30H29N5O6S/c1-17(2)25-16-35(42(39,40)23-9-6-18(3)7-10-23)27-11-8-22(14-24(25)27)41-28-19(4)12-21(13-20(28)5)33-34-26(15-31)29(36)32-30(37)38/h6-14,16-17,33H,1-5H3,(H,32,36)(H,37,38)/b34-26-. The molecule has 0 radical (unpaired) electrons. The van der Waals surface area contributed by atoms with Crippen molar-refractivity contribution in [3.8, 4) is 17.6 Å². The lowest BCUT2D eigenvalue weighted by molar-refractivity contribution is -0.114. The normalized spacial score (nSPS) is 11.8. The van der Waals surface area contributed by atoms with Gasteiger partial charge in [0.2, 0.25) is 5.71 Å². The van der Waals surface area contributed by atoms with Gasteiger partial charge in [0.25, 0.3) is 15.9 Å². The number of carboxylic acid groups (broad SMARTS) is 1. The van der Waals surface area contributed by atoms with Crippen LogP contribution in [0.4, 0.5) is 10.5 Å². The average molecular weight is 588 g/mol. The van der Waals surface area contributed by atoms with E-state index in [9.17, 15) is 18.0 Å². The molecule has 4 aromatic rings. The highest BCUT2D eigenvalue weighted by Gasteiger charge is 2.23. The lowest BCUT2D eigenvalue weighted by Gasteiger charge is -2.14. The minimum Gasteiger partial charge on any atom is -0.465 e. The van der Waals surface area contributed by atoms with Gasteiger partial charge in [0.1, 0.15) is 17.6 Å². The van der Waals surface area contributed by atoms with Gasteiger partial charge in [-0.05, 0) is 85.8 Å². The first-order valence-electron chi connectivity index (χ1n) is 12.9. The highest BCUT2D eigenvalue weighted by atomic mass is 32.2. The van der Waals surface area contributed by atoms with E-state index in [0.29, 0.717) is 33.8 Å². The van der Waals surface area contributed by atoms with Crippen LogP contribution < -0.4 is 15.5 Å². The maximum absolute atomic E-state index is 13.5. The first kappa shape index (κ1) is 29.8. The number of fused-ring (bicyclic) bond motifs is 1. The van der Waals surface area contributed by atoms with Gasteiger partial charge in [-0.2, -0.15) is 10.4 Å². The van der Waals surface area contributed by atoms with Gasteiger partial charge in [0.05, 0.1) is 16.1 Å². The van der Waals surface area contributed by atoms with Gasteiger partial charge in [-0.3, -0.25) is 15.5 Å². The maximum atomic E-state index is 13.5. The van der Waals surface area contributed by atoms with Crippen LogP contribution in [0.15, 0.2) is 70.8 Å². The summed E-state index contributed by atoms with van der Waals surface area (Å²) in [7, 11) is -3.83. The second-order valence-corrected chi connectivity index (χ2v) is 11.8. The number of hydrazone groups is 1. The van der Waals surface area contributed by atoms with E-state index in [1.54, 1.807) is 66.1 Å². The van der Waals surface area contributed by atoms with Crippen LogP contribution in [0.1, 0.15) is 42.0 Å². The summed E-state index contributed by atoms with van der Waals surface area (Å²) in [4.78, 5) is 22.6. The lowest BCUT2D eigenvalue weighted by atomic mass is 10.0. The molecule has 0 aliphatic heterocycles. The SMILES string of the molecule is Cc1ccc(S(=O)(=O)n2cc(C(C)C)c3cc(Oc4c(C)cc(N/N=C(/C#N)C(=O)NC(=O)O)cc4C)ccc32)cc1. The van der Waals surface area contributed by atoms with Crippen LogP contribution in [-0.2, 0) is 14.8 Å². The summed E-state index contributed by atoms with van der Waals surface area (Å²) in [6.07, 6.45) is 0.0668. The summed E-state index contributed by atoms with van der Waals surface area (Å²) in [6, 6.07) is 16.9. The van der Waals surface area contributed by atoms with Crippen molar-refractivity contribution >= 4 is 44.3 Å². The van der Waals surface area contributed by atoms with Crippen LogP contribution in [0.3, 0.4) is 0 Å². The molecule has 0 aliphatic rings. The van der Waals surface area contributed by atoms with Crippen molar-refractivity contribution in [1.29, 1.82) is 5.26 Å². The zero-order chi connectivity index (χ0) is 30.8. The van der Waals surface area contributed by atoms with E-state index in [2.05, 4.69) is 10.5 Å². The second kappa shape index (κ2) is 11.8. The highest BCUT2D eigenvalue weighted by Crippen LogP contribution is 2.36. The van der Waals surface area contributed by atoms with E-state index in [4.69, 9.17) is 15.1 Å². The third-order valence-corrected chi connectivity index (χ3v) is 8.18. The van der Waals surface area contributed by atoms with Gasteiger partial charge in [-0.25, -0.2) is 17.2 Å². The molecule has 3 N–H and O–H groups in total. The molecule has 12 heteroatoms. The van der Waals surface area contributed by atoms with E-state index in [-0.39, 0.29) is 10.8 Å². The van der Waals surface area contributed by atoms with Gasteiger partial charge >= 0.3 is 6.09 Å². The molecule has 11 nitrogen and oxygen atoms in total. The molecule has 216 valence electrons. The summed E-state index contributed by atoms with van der Waals surface area (Å²) in [5, 5.41) is 23.8. The largest absolute Gasteiger partial charge is 0.465 e. The van der Waals surface area contributed by atoms with E-state index in [1.807, 2.05) is 40.7 Å². The molecule has 0 unspecified atom stereocenters. The van der Waals surface area contributed by atoms with Gasteiger partial charge in [-0.1, -0.05) is 31.5 Å². The zero-order valence-electron chi connectivity index (χ0n) is 23.6. The molecule has 0 atom stereocenters. The molecule has 0 saturated carbocycles. The third kappa shape index (κ3) is 6.11. The third-order valence-electron chi connectivity index (χ3n) is 6.49.